The smallest absolute Gasteiger partial charge is 0.470 e. The number of aromatic nitrogens is 4. The number of ether oxygens (including phenoxy) is 4. The van der Waals surface area contributed by atoms with Crippen molar-refractivity contribution in [3.05, 3.63) is 136 Å². The molecule has 1 fully saturated rings. The van der Waals surface area contributed by atoms with E-state index >= 15 is 0 Å². The van der Waals surface area contributed by atoms with Gasteiger partial charge in [0.1, 0.15) is 62.0 Å². The van der Waals surface area contributed by atoms with Crippen LogP contribution in [0.5, 0.6) is 11.5 Å². The number of benzene rings is 4. The van der Waals surface area contributed by atoms with Crippen molar-refractivity contribution in [2.24, 2.45) is 0 Å². The van der Waals surface area contributed by atoms with Gasteiger partial charge in [0, 0.05) is 72.9 Å². The number of fused-ring (bicyclic) bond motifs is 12. The number of rotatable bonds is 10. The van der Waals surface area contributed by atoms with Crippen LogP contribution in [0.25, 0.3) is 77.8 Å². The molecule has 9 heterocycles. The largest absolute Gasteiger partial charge is 0.497 e. The van der Waals surface area contributed by atoms with Crippen LogP contribution in [0.15, 0.2) is 106 Å². The van der Waals surface area contributed by atoms with Crippen LogP contribution in [-0.2, 0) is 52.3 Å². The third-order valence-corrected chi connectivity index (χ3v) is 19.0. The number of pyridine rings is 2. The van der Waals surface area contributed by atoms with Gasteiger partial charge in [-0.25, -0.2) is 45.2 Å². The van der Waals surface area contributed by atoms with E-state index in [0.717, 1.165) is 39.4 Å². The highest BCUT2D eigenvalue weighted by molar-refractivity contribution is 7.92. The first kappa shape index (κ1) is 64.0. The van der Waals surface area contributed by atoms with Gasteiger partial charge in [-0.05, 0) is 100 Å². The Bertz CT molecular complexity index is 4970. The predicted octanol–water partition coefficient (Wildman–Crippen LogP) is 9.27. The van der Waals surface area contributed by atoms with E-state index in [4.69, 9.17) is 53.7 Å². The number of carbonyl (C=O) groups is 4. The lowest BCUT2D eigenvalue weighted by Gasteiger charge is -2.32. The normalized spacial score (nSPS) is 14.3. The number of esters is 2. The SMILES string of the molecule is CNC(=O)c1c(C(=O)OC)oc2cc(N(C)S(C)(=O)=O)c(-c3ccc4c(n3)-c3cc5c(F)cccc5n3CO4)cc12.CNC(=O)c1c(C(=O)OC)oc2cc(N(C)S(C)(=O)=O)c(B3OC(C)(C)C(C)(C)O3)cc12.Fc1cccc2c1cc1n2COc2ccc(Cl)nc2-1. The van der Waals surface area contributed by atoms with E-state index in [1.807, 2.05) is 38.3 Å². The van der Waals surface area contributed by atoms with E-state index < -0.39 is 62.1 Å². The van der Waals surface area contributed by atoms with Crippen molar-refractivity contribution in [1.82, 2.24) is 29.7 Å². The molecule has 30 heteroatoms. The highest BCUT2D eigenvalue weighted by Gasteiger charge is 2.53. The molecule has 1 saturated heterocycles. The van der Waals surface area contributed by atoms with Gasteiger partial charge in [-0.15, -0.1) is 0 Å². The quantitative estimate of drug-likeness (QED) is 0.0732. The number of hydrogen-bond donors (Lipinski definition) is 2. The summed E-state index contributed by atoms with van der Waals surface area (Å²) in [6, 6.07) is 26.0. The first-order valence-electron chi connectivity index (χ1n) is 28.0. The van der Waals surface area contributed by atoms with E-state index in [9.17, 15) is 44.8 Å². The average molecular weight is 1320 g/mol. The molecule has 0 spiro atoms. The van der Waals surface area contributed by atoms with Crippen molar-refractivity contribution in [1.29, 1.82) is 0 Å². The summed E-state index contributed by atoms with van der Waals surface area (Å²) in [5, 5.41) is 6.88. The van der Waals surface area contributed by atoms with Crippen molar-refractivity contribution in [2.45, 2.75) is 52.4 Å². The lowest BCUT2D eigenvalue weighted by molar-refractivity contribution is 0.00578. The molecule has 0 bridgehead atoms. The first-order chi connectivity index (χ1) is 43.4. The van der Waals surface area contributed by atoms with Gasteiger partial charge in [-0.2, -0.15) is 0 Å². The lowest BCUT2D eigenvalue weighted by Crippen LogP contribution is -2.41. The molecule has 0 saturated carbocycles. The number of carbonyl (C=O) groups excluding carboxylic acids is 4. The molecule has 0 aliphatic carbocycles. The maximum absolute atomic E-state index is 14.6. The number of methoxy groups -OCH3 is 2. The molecule has 10 aromatic rings. The van der Waals surface area contributed by atoms with Crippen LogP contribution in [-0.4, -0.2) is 133 Å². The minimum atomic E-state index is -3.77. The number of furan rings is 2. The molecule has 6 aromatic heterocycles. The van der Waals surface area contributed by atoms with Gasteiger partial charge < -0.3 is 56.9 Å². The fourth-order valence-corrected chi connectivity index (χ4v) is 11.9. The standard InChI is InChI=1S/C28H23FN4O7S.C20H27BN2O8S.C14H8ClFN2O/c1-30-27(34)24-16-10-15(20(32(2)41(4,36)37)12-23(16)40-26(24)28(35)38-3)18-8-9-22-25(31-18)21-11-14-17(29)6-5-7-19(14)33(21)13-39-22;1-19(2)20(3,4)31-21(30-19)12-9-11-14(10-13(12)23(6)32(8,26)27)29-16(18(25)28-7)15(11)17(24)22-5;15-13-5-4-12-14(17-13)11-6-8-9(16)2-1-3-10(8)18(11)7-19-12/h5-12H,13H2,1-4H3,(H,30,34);9-10H,1-8H3,(H,22,24);1-6H,7H2. The molecular formula is C62H58BClF2N8O16S2. The number of nitrogens with zero attached hydrogens (tertiary/aromatic N) is 6. The highest BCUT2D eigenvalue weighted by Crippen LogP contribution is 2.44. The van der Waals surface area contributed by atoms with Crippen molar-refractivity contribution in [2.75, 3.05) is 63.5 Å². The summed E-state index contributed by atoms with van der Waals surface area (Å²) in [4.78, 5) is 59.3. The minimum Gasteiger partial charge on any atom is -0.470 e. The summed E-state index contributed by atoms with van der Waals surface area (Å²) in [6.45, 7) is 7.98. The molecule has 0 unspecified atom stereocenters. The average Bonchev–Trinajstić information content (AvgIpc) is 1.54. The molecule has 13 rings (SSSR count). The Morgan fingerprint density at radius 1 is 0.620 bits per heavy atom. The van der Waals surface area contributed by atoms with Crippen molar-refractivity contribution in [3.8, 4) is 45.5 Å². The second-order valence-electron chi connectivity index (χ2n) is 22.4. The molecule has 3 aliphatic heterocycles. The fourth-order valence-electron chi connectivity index (χ4n) is 10.8. The zero-order valence-corrected chi connectivity index (χ0v) is 53.8. The second-order valence-corrected chi connectivity index (χ2v) is 26.8. The van der Waals surface area contributed by atoms with Crippen LogP contribution in [0.4, 0.5) is 20.2 Å². The van der Waals surface area contributed by atoms with Gasteiger partial charge in [0.05, 0.1) is 77.4 Å². The molecule has 0 atom stereocenters. The van der Waals surface area contributed by atoms with Crippen LogP contribution >= 0.6 is 11.6 Å². The van der Waals surface area contributed by atoms with Gasteiger partial charge in [0.2, 0.25) is 31.6 Å². The Kier molecular flexibility index (Phi) is 16.4. The molecule has 0 radical (unpaired) electrons. The fraction of sp³-hybridized carbons (Fsp3) is 0.258. The molecule has 3 aliphatic rings. The van der Waals surface area contributed by atoms with Gasteiger partial charge in [-0.1, -0.05) is 23.7 Å². The maximum Gasteiger partial charge on any atom is 0.497 e. The third kappa shape index (κ3) is 11.1. The van der Waals surface area contributed by atoms with E-state index in [1.54, 1.807) is 71.3 Å². The van der Waals surface area contributed by atoms with E-state index in [1.165, 1.54) is 59.6 Å². The number of amides is 2. The van der Waals surface area contributed by atoms with Gasteiger partial charge in [0.25, 0.3) is 11.8 Å². The first-order valence-corrected chi connectivity index (χ1v) is 32.0. The summed E-state index contributed by atoms with van der Waals surface area (Å²) >= 11 is 5.92. The molecule has 2 N–H and O–H groups in total. The Balaban J connectivity index is 0.000000150. The summed E-state index contributed by atoms with van der Waals surface area (Å²) in [5.41, 5.74) is 4.14. The third-order valence-electron chi connectivity index (χ3n) is 16.4. The Morgan fingerprint density at radius 3 is 1.53 bits per heavy atom. The van der Waals surface area contributed by atoms with Gasteiger partial charge in [0.15, 0.2) is 13.5 Å². The number of sulfonamides is 2. The van der Waals surface area contributed by atoms with Crippen LogP contribution < -0.4 is 34.2 Å². The molecule has 478 valence electrons. The maximum atomic E-state index is 14.6. The van der Waals surface area contributed by atoms with E-state index in [2.05, 4.69) is 15.6 Å². The zero-order chi connectivity index (χ0) is 66.4. The number of hydrogen-bond acceptors (Lipinski definition) is 18. The topological polar surface area (TPSA) is 284 Å². The van der Waals surface area contributed by atoms with Crippen LogP contribution in [0.1, 0.15) is 69.5 Å². The summed E-state index contributed by atoms with van der Waals surface area (Å²) in [6.07, 6.45) is 2.10. The minimum absolute atomic E-state index is 0.0272. The number of anilines is 2. The van der Waals surface area contributed by atoms with Crippen molar-refractivity contribution >= 4 is 123 Å². The Hall–Kier alpha value is -9.55. The molecule has 4 aromatic carbocycles. The molecule has 24 nitrogen and oxygen atoms in total. The molecule has 2 amide bonds. The predicted molar refractivity (Wildman–Crippen MR) is 340 cm³/mol. The summed E-state index contributed by atoms with van der Waals surface area (Å²) in [7, 11) is -0.470. The number of halogens is 3. The van der Waals surface area contributed by atoms with Crippen molar-refractivity contribution in [3.63, 3.8) is 0 Å². The van der Waals surface area contributed by atoms with E-state index in [-0.39, 0.29) is 68.9 Å². The monoisotopic (exact) mass is 1320 g/mol. The van der Waals surface area contributed by atoms with Crippen LogP contribution in [0.3, 0.4) is 0 Å². The van der Waals surface area contributed by atoms with Crippen molar-refractivity contribution < 1.29 is 81.9 Å². The molecular weight excluding hydrogens is 1260 g/mol. The summed E-state index contributed by atoms with van der Waals surface area (Å²) in [5.74, 6) is -2.99. The van der Waals surface area contributed by atoms with Crippen LogP contribution in [0, 0.1) is 11.6 Å². The Labute approximate surface area is 530 Å². The van der Waals surface area contributed by atoms with Crippen LogP contribution in [0.2, 0.25) is 5.15 Å². The highest BCUT2D eigenvalue weighted by atomic mass is 35.5. The van der Waals surface area contributed by atoms with Gasteiger partial charge >= 0.3 is 19.1 Å². The molecule has 92 heavy (non-hydrogen) atoms. The lowest BCUT2D eigenvalue weighted by atomic mass is 9.77. The second kappa shape index (κ2) is 23.6. The summed E-state index contributed by atoms with van der Waals surface area (Å²) < 4.78 is 129. The zero-order valence-electron chi connectivity index (χ0n) is 51.4. The van der Waals surface area contributed by atoms with Gasteiger partial charge in [-0.3, -0.25) is 18.2 Å². The number of nitrogens with one attached hydrogen (secondary N) is 2. The van der Waals surface area contributed by atoms with E-state index in [0.29, 0.717) is 78.9 Å². The Morgan fingerprint density at radius 2 is 1.07 bits per heavy atom.